The second-order valence-corrected chi connectivity index (χ2v) is 8.36. The zero-order valence-electron chi connectivity index (χ0n) is 15.7. The van der Waals surface area contributed by atoms with E-state index in [1.54, 1.807) is 13.1 Å². The summed E-state index contributed by atoms with van der Waals surface area (Å²) in [6, 6.07) is 7.85. The van der Waals surface area contributed by atoms with Crippen LogP contribution in [0.2, 0.25) is 0 Å². The molecule has 2 N–H and O–H groups in total. The summed E-state index contributed by atoms with van der Waals surface area (Å²) in [5.74, 6) is 2.03. The molecule has 1 aliphatic heterocycles. The molecule has 0 aliphatic carbocycles. The van der Waals surface area contributed by atoms with E-state index in [9.17, 15) is 8.42 Å². The van der Waals surface area contributed by atoms with Crippen molar-refractivity contribution in [2.24, 2.45) is 4.99 Å². The van der Waals surface area contributed by atoms with Crippen molar-refractivity contribution in [1.82, 2.24) is 15.5 Å². The van der Waals surface area contributed by atoms with E-state index in [-0.39, 0.29) is 35.5 Å². The lowest BCUT2D eigenvalue weighted by Gasteiger charge is -2.26. The van der Waals surface area contributed by atoms with Crippen LogP contribution >= 0.6 is 24.0 Å². The van der Waals surface area contributed by atoms with Gasteiger partial charge in [0, 0.05) is 45.3 Å². The molecular formula is C18H29IN4O3S. The number of nitrogens with one attached hydrogen (secondary N) is 2. The molecular weight excluding hydrogens is 479 g/mol. The van der Waals surface area contributed by atoms with Crippen molar-refractivity contribution >= 4 is 39.8 Å². The van der Waals surface area contributed by atoms with Gasteiger partial charge in [-0.15, -0.1) is 24.0 Å². The number of halogens is 1. The molecule has 9 heteroatoms. The highest BCUT2D eigenvalue weighted by Crippen LogP contribution is 2.17. The van der Waals surface area contributed by atoms with E-state index < -0.39 is 9.84 Å². The number of hydrogen-bond donors (Lipinski definition) is 2. The van der Waals surface area contributed by atoms with Gasteiger partial charge in [-0.1, -0.05) is 30.9 Å². The van der Waals surface area contributed by atoms with Crippen LogP contribution < -0.4 is 15.4 Å². The van der Waals surface area contributed by atoms with Crippen molar-refractivity contribution in [3.63, 3.8) is 0 Å². The van der Waals surface area contributed by atoms with Gasteiger partial charge in [0.2, 0.25) is 0 Å². The Balaban J connectivity index is 0.00000364. The zero-order chi connectivity index (χ0) is 18.8. The minimum Gasteiger partial charge on any atom is -0.489 e. The van der Waals surface area contributed by atoms with Gasteiger partial charge in [0.05, 0.1) is 11.5 Å². The van der Waals surface area contributed by atoms with Gasteiger partial charge in [-0.3, -0.25) is 9.89 Å². The molecule has 27 heavy (non-hydrogen) atoms. The Morgan fingerprint density at radius 3 is 2.67 bits per heavy atom. The molecule has 1 aliphatic rings. The molecule has 1 heterocycles. The molecule has 0 bridgehead atoms. The number of aliphatic imine (C=N–C) groups is 1. The van der Waals surface area contributed by atoms with Crippen LogP contribution in [-0.2, 0) is 16.4 Å². The molecule has 7 nitrogen and oxygen atoms in total. The fourth-order valence-corrected chi connectivity index (χ4v) is 3.92. The van der Waals surface area contributed by atoms with E-state index in [1.807, 2.05) is 24.3 Å². The Labute approximate surface area is 179 Å². The first kappa shape index (κ1) is 23.7. The molecule has 0 amide bonds. The number of benzene rings is 1. The number of nitrogens with zero attached hydrogens (tertiary/aromatic N) is 2. The lowest BCUT2D eigenvalue weighted by Crippen LogP contribution is -2.45. The van der Waals surface area contributed by atoms with E-state index in [0.717, 1.165) is 17.9 Å². The number of rotatable bonds is 8. The van der Waals surface area contributed by atoms with Crippen LogP contribution in [0, 0.1) is 0 Å². The topological polar surface area (TPSA) is 83.0 Å². The second kappa shape index (κ2) is 12.2. The van der Waals surface area contributed by atoms with Gasteiger partial charge >= 0.3 is 0 Å². The van der Waals surface area contributed by atoms with Crippen molar-refractivity contribution in [3.8, 4) is 5.75 Å². The summed E-state index contributed by atoms with van der Waals surface area (Å²) in [5, 5.41) is 6.53. The Kier molecular flexibility index (Phi) is 10.7. The van der Waals surface area contributed by atoms with Gasteiger partial charge in [-0.25, -0.2) is 8.42 Å². The quantitative estimate of drug-likeness (QED) is 0.238. The van der Waals surface area contributed by atoms with E-state index in [4.69, 9.17) is 4.74 Å². The highest BCUT2D eigenvalue weighted by atomic mass is 127. The maximum Gasteiger partial charge on any atom is 0.191 e. The summed E-state index contributed by atoms with van der Waals surface area (Å²) in [6.07, 6.45) is 1.72. The summed E-state index contributed by atoms with van der Waals surface area (Å²) in [7, 11) is -1.10. The minimum atomic E-state index is -2.83. The summed E-state index contributed by atoms with van der Waals surface area (Å²) in [4.78, 5) is 6.38. The second-order valence-electron chi connectivity index (χ2n) is 6.05. The average molecular weight is 508 g/mol. The van der Waals surface area contributed by atoms with Gasteiger partial charge in [-0.2, -0.15) is 0 Å². The maximum atomic E-state index is 11.5. The molecule has 1 saturated heterocycles. The molecule has 152 valence electrons. The van der Waals surface area contributed by atoms with Crippen LogP contribution in [0.5, 0.6) is 5.75 Å². The van der Waals surface area contributed by atoms with E-state index in [1.165, 1.54) is 0 Å². The normalized spacial score (nSPS) is 16.9. The van der Waals surface area contributed by atoms with Crippen molar-refractivity contribution < 1.29 is 13.2 Å². The number of hydrogen-bond acceptors (Lipinski definition) is 5. The molecule has 1 fully saturated rings. The van der Waals surface area contributed by atoms with Crippen molar-refractivity contribution in [1.29, 1.82) is 0 Å². The van der Waals surface area contributed by atoms with Crippen molar-refractivity contribution in [2.45, 2.75) is 6.54 Å². The van der Waals surface area contributed by atoms with Gasteiger partial charge in [0.15, 0.2) is 15.8 Å². The SMILES string of the molecule is C=CCOc1ccccc1CNC(=NC)NCCN1CCS(=O)(=O)CC1.I. The van der Waals surface area contributed by atoms with Crippen LogP contribution in [0.4, 0.5) is 0 Å². The lowest BCUT2D eigenvalue weighted by molar-refractivity contribution is 0.299. The lowest BCUT2D eigenvalue weighted by atomic mass is 10.2. The molecule has 0 atom stereocenters. The number of guanidine groups is 1. The Morgan fingerprint density at radius 1 is 1.30 bits per heavy atom. The van der Waals surface area contributed by atoms with Crippen LogP contribution in [0.1, 0.15) is 5.56 Å². The molecule has 0 unspecified atom stereocenters. The fraction of sp³-hybridized carbons (Fsp3) is 0.500. The third-order valence-electron chi connectivity index (χ3n) is 4.16. The average Bonchev–Trinajstić information content (AvgIpc) is 2.64. The number of sulfone groups is 1. The van der Waals surface area contributed by atoms with Gasteiger partial charge < -0.3 is 15.4 Å². The minimum absolute atomic E-state index is 0. The first-order valence-electron chi connectivity index (χ1n) is 8.73. The standard InChI is InChI=1S/C18H28N4O3S.HI/c1-3-12-25-17-7-5-4-6-16(17)15-21-18(19-2)20-8-9-22-10-13-26(23,24)14-11-22;/h3-7H,1,8-15H2,2H3,(H2,19,20,21);1H. The number of para-hydroxylation sites is 1. The van der Waals surface area contributed by atoms with E-state index in [0.29, 0.717) is 38.7 Å². The highest BCUT2D eigenvalue weighted by molar-refractivity contribution is 14.0. The molecule has 0 aromatic heterocycles. The number of ether oxygens (including phenoxy) is 1. The monoisotopic (exact) mass is 508 g/mol. The van der Waals surface area contributed by atoms with Gasteiger partial charge in [0.25, 0.3) is 0 Å². The van der Waals surface area contributed by atoms with Crippen molar-refractivity contribution in [2.75, 3.05) is 51.3 Å². The predicted molar refractivity (Wildman–Crippen MR) is 121 cm³/mol. The zero-order valence-corrected chi connectivity index (χ0v) is 18.8. The summed E-state index contributed by atoms with van der Waals surface area (Å²) in [6.45, 7) is 7.42. The van der Waals surface area contributed by atoms with Crippen molar-refractivity contribution in [3.05, 3.63) is 42.5 Å². The van der Waals surface area contributed by atoms with Gasteiger partial charge in [0.1, 0.15) is 12.4 Å². The molecule has 0 saturated carbocycles. The first-order valence-corrected chi connectivity index (χ1v) is 10.5. The summed E-state index contributed by atoms with van der Waals surface area (Å²) >= 11 is 0. The summed E-state index contributed by atoms with van der Waals surface area (Å²) in [5.41, 5.74) is 1.04. The Hall–Kier alpha value is -1.33. The Morgan fingerprint density at radius 2 is 2.00 bits per heavy atom. The molecule has 1 aromatic carbocycles. The molecule has 0 radical (unpaired) electrons. The molecule has 2 rings (SSSR count). The molecule has 1 aromatic rings. The largest absolute Gasteiger partial charge is 0.489 e. The first-order chi connectivity index (χ1) is 12.5. The molecule has 0 spiro atoms. The maximum absolute atomic E-state index is 11.5. The smallest absolute Gasteiger partial charge is 0.191 e. The van der Waals surface area contributed by atoms with Gasteiger partial charge in [-0.05, 0) is 6.07 Å². The highest BCUT2D eigenvalue weighted by Gasteiger charge is 2.20. The fourth-order valence-electron chi connectivity index (χ4n) is 2.65. The summed E-state index contributed by atoms with van der Waals surface area (Å²) < 4.78 is 28.6. The predicted octanol–water partition coefficient (Wildman–Crippen LogP) is 1.26. The van der Waals surface area contributed by atoms with E-state index >= 15 is 0 Å². The van der Waals surface area contributed by atoms with Crippen LogP contribution in [0.15, 0.2) is 41.9 Å². The third kappa shape index (κ3) is 8.48. The Bertz CT molecular complexity index is 711. The third-order valence-corrected chi connectivity index (χ3v) is 5.77. The van der Waals surface area contributed by atoms with Crippen LogP contribution in [-0.4, -0.2) is 70.6 Å². The van der Waals surface area contributed by atoms with E-state index in [2.05, 4.69) is 27.1 Å². The van der Waals surface area contributed by atoms with Crippen LogP contribution in [0.3, 0.4) is 0 Å². The van der Waals surface area contributed by atoms with Crippen LogP contribution in [0.25, 0.3) is 0 Å².